The Kier molecular flexibility index (Phi) is 4.88. The molecule has 0 spiro atoms. The average Bonchev–Trinajstić information content (AvgIpc) is 1.82. The first-order chi connectivity index (χ1) is 4.22. The molecule has 0 saturated carbocycles. The molecule has 0 amide bonds. The van der Waals surface area contributed by atoms with Crippen LogP contribution in [-0.4, -0.2) is 32.3 Å². The fourth-order valence-corrected chi connectivity index (χ4v) is 0.892. The van der Waals surface area contributed by atoms with Crippen LogP contribution in [0.1, 0.15) is 6.42 Å². The van der Waals surface area contributed by atoms with Gasteiger partial charge in [-0.05, 0) is 6.42 Å². The van der Waals surface area contributed by atoms with E-state index in [1.54, 1.807) is 0 Å². The van der Waals surface area contributed by atoms with E-state index in [0.29, 0.717) is 0 Å². The van der Waals surface area contributed by atoms with Crippen molar-refractivity contribution in [2.75, 3.05) is 13.2 Å². The predicted molar refractivity (Wildman–Crippen MR) is 33.5 cm³/mol. The third kappa shape index (κ3) is 3.58. The van der Waals surface area contributed by atoms with E-state index in [1.807, 2.05) is 0 Å². The maximum Gasteiger partial charge on any atom is 0.0442 e. The van der Waals surface area contributed by atoms with Gasteiger partial charge in [0, 0.05) is 18.4 Å². The molecular weight excluding hydrogens is 142 g/mol. The number of aliphatic hydroxyl groups excluding tert-OH is 1. The minimum absolute atomic E-state index is 0.0800. The highest BCUT2D eigenvalue weighted by Crippen LogP contribution is 1.95. The van der Waals surface area contributed by atoms with Crippen molar-refractivity contribution in [1.29, 1.82) is 0 Å². The molecule has 0 aromatic rings. The lowest BCUT2D eigenvalue weighted by Crippen LogP contribution is -2.26. The van der Waals surface area contributed by atoms with E-state index in [-0.39, 0.29) is 19.6 Å². The van der Waals surface area contributed by atoms with Crippen molar-refractivity contribution in [3.05, 3.63) is 0 Å². The summed E-state index contributed by atoms with van der Waals surface area (Å²) in [6.45, 7) is -0.0491. The normalized spacial score (nSPS) is 17.2. The fraction of sp³-hybridized carbons (Fsp3) is 1.00. The molecule has 2 atom stereocenters. The van der Waals surface area contributed by atoms with Gasteiger partial charge in [0.25, 0.3) is 0 Å². The quantitative estimate of drug-likeness (QED) is 0.484. The molecule has 0 heterocycles. The van der Waals surface area contributed by atoms with Crippen LogP contribution in [0.25, 0.3) is 0 Å². The maximum atomic E-state index is 10.1. The molecule has 5 heteroatoms. The predicted octanol–water partition coefficient (Wildman–Crippen LogP) is -1.42. The van der Waals surface area contributed by atoms with Crippen molar-refractivity contribution in [3.63, 3.8) is 0 Å². The molecular formula is C4H10NO3S-. The van der Waals surface area contributed by atoms with Gasteiger partial charge in [0.05, 0.1) is 0 Å². The molecule has 0 rings (SSSR count). The van der Waals surface area contributed by atoms with Crippen LogP contribution in [0.3, 0.4) is 0 Å². The number of hydrogen-bond acceptors (Lipinski definition) is 4. The van der Waals surface area contributed by atoms with Crippen molar-refractivity contribution < 1.29 is 13.9 Å². The zero-order chi connectivity index (χ0) is 7.28. The Bertz CT molecular complexity index is 97.8. The second kappa shape index (κ2) is 4.87. The molecule has 56 valence electrons. The lowest BCUT2D eigenvalue weighted by Gasteiger charge is -2.15. The summed E-state index contributed by atoms with van der Waals surface area (Å²) in [6.07, 6.45) is 0.229. The molecule has 0 fully saturated rings. The molecule has 0 aliphatic carbocycles. The average molecular weight is 152 g/mol. The van der Waals surface area contributed by atoms with E-state index in [9.17, 15) is 8.76 Å². The van der Waals surface area contributed by atoms with Crippen LogP contribution >= 0.6 is 0 Å². The summed E-state index contributed by atoms with van der Waals surface area (Å²) in [6, 6.07) is 0. The second-order valence-electron chi connectivity index (χ2n) is 1.63. The summed E-state index contributed by atoms with van der Waals surface area (Å²) in [7, 11) is 0. The summed E-state index contributed by atoms with van der Waals surface area (Å²) < 4.78 is 20.3. The second-order valence-corrected chi connectivity index (χ2v) is 2.82. The summed E-state index contributed by atoms with van der Waals surface area (Å²) in [4.78, 5) is 0. The van der Waals surface area contributed by atoms with Crippen LogP contribution in [0, 0.1) is 0 Å². The van der Waals surface area contributed by atoms with Crippen molar-refractivity contribution >= 4 is 11.1 Å². The smallest absolute Gasteiger partial charge is 0.0442 e. The first-order valence-electron chi connectivity index (χ1n) is 2.61. The van der Waals surface area contributed by atoms with Gasteiger partial charge < -0.3 is 15.4 Å². The molecule has 9 heavy (non-hydrogen) atoms. The summed E-state index contributed by atoms with van der Waals surface area (Å²) in [5.41, 5.74) is 5.06. The highest BCUT2D eigenvalue weighted by Gasteiger charge is 2.04. The standard InChI is InChI=1S/C4H11NO3S/c5-3-4(1-2-6)9(7)8/h4,6H,1-3,5H2,(H,7,8)/p-1. The zero-order valence-corrected chi connectivity index (χ0v) is 5.76. The van der Waals surface area contributed by atoms with Crippen molar-refractivity contribution in [2.24, 2.45) is 5.73 Å². The Morgan fingerprint density at radius 3 is 2.44 bits per heavy atom. The molecule has 0 aliphatic heterocycles. The summed E-state index contributed by atoms with van der Waals surface area (Å²) in [5, 5.41) is 7.70. The number of rotatable bonds is 4. The number of aliphatic hydroxyl groups is 1. The Morgan fingerprint density at radius 2 is 2.33 bits per heavy atom. The summed E-state index contributed by atoms with van der Waals surface area (Å²) >= 11 is -2.14. The van der Waals surface area contributed by atoms with E-state index in [4.69, 9.17) is 10.8 Å². The highest BCUT2D eigenvalue weighted by molar-refractivity contribution is 7.79. The van der Waals surface area contributed by atoms with E-state index >= 15 is 0 Å². The van der Waals surface area contributed by atoms with Crippen molar-refractivity contribution in [1.82, 2.24) is 0 Å². The Balaban J connectivity index is 3.54. The van der Waals surface area contributed by atoms with Crippen molar-refractivity contribution in [2.45, 2.75) is 11.7 Å². The molecule has 0 aromatic carbocycles. The largest absolute Gasteiger partial charge is 0.772 e. The van der Waals surface area contributed by atoms with Crippen LogP contribution in [-0.2, 0) is 11.1 Å². The van der Waals surface area contributed by atoms with Crippen LogP contribution < -0.4 is 5.73 Å². The zero-order valence-electron chi connectivity index (χ0n) is 4.95. The molecule has 0 bridgehead atoms. The van der Waals surface area contributed by atoms with Gasteiger partial charge >= 0.3 is 0 Å². The monoisotopic (exact) mass is 152 g/mol. The van der Waals surface area contributed by atoms with E-state index in [1.165, 1.54) is 0 Å². The maximum absolute atomic E-state index is 10.1. The minimum Gasteiger partial charge on any atom is -0.772 e. The SMILES string of the molecule is NCC(CCO)S(=O)[O-]. The molecule has 0 aromatic heterocycles. The third-order valence-electron chi connectivity index (χ3n) is 0.986. The van der Waals surface area contributed by atoms with E-state index in [2.05, 4.69) is 0 Å². The Hall–Kier alpha value is 0.0300. The van der Waals surface area contributed by atoms with Gasteiger partial charge in [-0.25, -0.2) is 0 Å². The molecule has 0 radical (unpaired) electrons. The van der Waals surface area contributed by atoms with Gasteiger partial charge in [-0.15, -0.1) is 0 Å². The van der Waals surface area contributed by atoms with Gasteiger partial charge in [-0.3, -0.25) is 4.21 Å². The molecule has 0 aliphatic rings. The molecule has 4 nitrogen and oxygen atoms in total. The van der Waals surface area contributed by atoms with Crippen LogP contribution in [0.4, 0.5) is 0 Å². The fourth-order valence-electron chi connectivity index (χ4n) is 0.437. The first-order valence-corrected chi connectivity index (χ1v) is 3.75. The molecule has 0 saturated heterocycles. The topological polar surface area (TPSA) is 86.4 Å². The Morgan fingerprint density at radius 1 is 1.78 bits per heavy atom. The number of hydrogen-bond donors (Lipinski definition) is 2. The number of nitrogens with two attached hydrogens (primary N) is 1. The molecule has 3 N–H and O–H groups in total. The Labute approximate surface area is 56.3 Å². The minimum atomic E-state index is -2.14. The van der Waals surface area contributed by atoms with Crippen LogP contribution in [0.5, 0.6) is 0 Å². The van der Waals surface area contributed by atoms with Gasteiger partial charge in [0.15, 0.2) is 0 Å². The van der Waals surface area contributed by atoms with Crippen molar-refractivity contribution in [3.8, 4) is 0 Å². The lowest BCUT2D eigenvalue weighted by atomic mass is 10.3. The van der Waals surface area contributed by atoms with Gasteiger partial charge in [0.2, 0.25) is 0 Å². The van der Waals surface area contributed by atoms with Gasteiger partial charge in [0.1, 0.15) is 0 Å². The van der Waals surface area contributed by atoms with Crippen LogP contribution in [0.2, 0.25) is 0 Å². The van der Waals surface area contributed by atoms with E-state index < -0.39 is 16.3 Å². The highest BCUT2D eigenvalue weighted by atomic mass is 32.2. The summed E-state index contributed by atoms with van der Waals surface area (Å²) in [5.74, 6) is 0. The first kappa shape index (κ1) is 9.03. The van der Waals surface area contributed by atoms with Gasteiger partial charge in [-0.1, -0.05) is 11.1 Å². The third-order valence-corrected chi connectivity index (χ3v) is 1.96. The molecule has 2 unspecified atom stereocenters. The van der Waals surface area contributed by atoms with E-state index in [0.717, 1.165) is 0 Å². The van der Waals surface area contributed by atoms with Crippen LogP contribution in [0.15, 0.2) is 0 Å². The van der Waals surface area contributed by atoms with Gasteiger partial charge in [-0.2, -0.15) is 0 Å². The lowest BCUT2D eigenvalue weighted by molar-refractivity contribution is 0.285.